The average molecular weight is 522 g/mol. The normalized spacial score (nSPS) is 19.5. The highest BCUT2D eigenvalue weighted by Gasteiger charge is 2.42. The minimum Gasteiger partial charge on any atom is -0.489 e. The number of carbonyl (C=O) groups is 1. The summed E-state index contributed by atoms with van der Waals surface area (Å²) in [6.45, 7) is 4.88. The van der Waals surface area contributed by atoms with E-state index in [1.54, 1.807) is 10.6 Å². The summed E-state index contributed by atoms with van der Waals surface area (Å²) in [7, 11) is 0. The van der Waals surface area contributed by atoms with Gasteiger partial charge >= 0.3 is 0 Å². The molecule has 2 aromatic carbocycles. The molecule has 6 rings (SSSR count). The number of pyridine rings is 1. The van der Waals surface area contributed by atoms with E-state index in [-0.39, 0.29) is 28.8 Å². The Bertz CT molecular complexity index is 1700. The predicted molar refractivity (Wildman–Crippen MR) is 150 cm³/mol. The Labute approximate surface area is 226 Å². The largest absolute Gasteiger partial charge is 0.489 e. The van der Waals surface area contributed by atoms with Crippen LogP contribution in [0.25, 0.3) is 16.4 Å². The van der Waals surface area contributed by atoms with Crippen LogP contribution in [0.1, 0.15) is 60.8 Å². The number of hydrogen-bond acceptors (Lipinski definition) is 5. The van der Waals surface area contributed by atoms with Crippen molar-refractivity contribution in [2.24, 2.45) is 5.41 Å². The molecule has 1 aliphatic carbocycles. The fraction of sp³-hybridized carbons (Fsp3) is 0.290. The molecule has 0 aliphatic heterocycles. The van der Waals surface area contributed by atoms with Gasteiger partial charge in [0.1, 0.15) is 23.7 Å². The second-order valence-electron chi connectivity index (χ2n) is 11.0. The Morgan fingerprint density at radius 3 is 2.67 bits per heavy atom. The maximum absolute atomic E-state index is 13.1. The minimum absolute atomic E-state index is 0.0841. The van der Waals surface area contributed by atoms with E-state index >= 15 is 0 Å². The van der Waals surface area contributed by atoms with Crippen LogP contribution in [-0.2, 0) is 6.61 Å². The van der Waals surface area contributed by atoms with Gasteiger partial charge in [0.15, 0.2) is 0 Å². The van der Waals surface area contributed by atoms with Crippen molar-refractivity contribution >= 4 is 22.3 Å². The SMILES string of the molecule is C[C@@H](C[C@]1(C)C[C@@H](NC(=O)c2cnc3cc(OCc4ccccc4)ccn23)C1)c1n[nH]c(=O)c2ccccc12. The van der Waals surface area contributed by atoms with E-state index in [4.69, 9.17) is 4.74 Å². The zero-order chi connectivity index (χ0) is 27.0. The monoisotopic (exact) mass is 521 g/mol. The van der Waals surface area contributed by atoms with Gasteiger partial charge < -0.3 is 10.1 Å². The zero-order valence-corrected chi connectivity index (χ0v) is 22.1. The third-order valence-corrected chi connectivity index (χ3v) is 7.77. The molecule has 39 heavy (non-hydrogen) atoms. The van der Waals surface area contributed by atoms with Crippen LogP contribution in [0.3, 0.4) is 0 Å². The summed E-state index contributed by atoms with van der Waals surface area (Å²) >= 11 is 0. The lowest BCUT2D eigenvalue weighted by Gasteiger charge is -2.47. The predicted octanol–water partition coefficient (Wildman–Crippen LogP) is 5.24. The average Bonchev–Trinajstić information content (AvgIpc) is 3.35. The highest BCUT2D eigenvalue weighted by molar-refractivity contribution is 5.93. The van der Waals surface area contributed by atoms with Gasteiger partial charge in [0.25, 0.3) is 11.5 Å². The third kappa shape index (κ3) is 5.02. The van der Waals surface area contributed by atoms with Crippen LogP contribution in [0.15, 0.2) is 83.9 Å². The van der Waals surface area contributed by atoms with Crippen molar-refractivity contribution in [2.75, 3.05) is 0 Å². The summed E-state index contributed by atoms with van der Waals surface area (Å²) in [6, 6.07) is 21.4. The molecule has 8 nitrogen and oxygen atoms in total. The number of ether oxygens (including phenoxy) is 1. The fourth-order valence-electron chi connectivity index (χ4n) is 5.97. The molecule has 0 unspecified atom stereocenters. The molecule has 2 N–H and O–H groups in total. The number of aromatic amines is 1. The van der Waals surface area contributed by atoms with Crippen LogP contribution in [0, 0.1) is 5.41 Å². The van der Waals surface area contributed by atoms with Crippen LogP contribution in [-0.4, -0.2) is 31.5 Å². The van der Waals surface area contributed by atoms with Crippen molar-refractivity contribution in [3.63, 3.8) is 0 Å². The summed E-state index contributed by atoms with van der Waals surface area (Å²) in [5.41, 5.74) is 3.09. The van der Waals surface area contributed by atoms with Crippen LogP contribution in [0.4, 0.5) is 0 Å². The third-order valence-electron chi connectivity index (χ3n) is 7.77. The summed E-state index contributed by atoms with van der Waals surface area (Å²) in [5.74, 6) is 0.747. The van der Waals surface area contributed by atoms with E-state index in [2.05, 4.69) is 34.3 Å². The lowest BCUT2D eigenvalue weighted by Crippen LogP contribution is -2.50. The molecule has 0 spiro atoms. The molecule has 1 atom stereocenters. The molecule has 1 saturated carbocycles. The molecule has 1 fully saturated rings. The first-order valence-corrected chi connectivity index (χ1v) is 13.3. The second kappa shape index (κ2) is 10.0. The number of fused-ring (bicyclic) bond motifs is 2. The molecular formula is C31H31N5O3. The van der Waals surface area contributed by atoms with Gasteiger partial charge in [-0.05, 0) is 42.4 Å². The molecule has 3 aromatic heterocycles. The number of aromatic nitrogens is 4. The molecule has 1 amide bonds. The molecule has 0 radical (unpaired) electrons. The van der Waals surface area contributed by atoms with Crippen molar-refractivity contribution in [1.82, 2.24) is 24.9 Å². The summed E-state index contributed by atoms with van der Waals surface area (Å²) in [4.78, 5) is 29.7. The van der Waals surface area contributed by atoms with E-state index in [0.717, 1.165) is 35.9 Å². The number of nitrogens with zero attached hydrogens (tertiary/aromatic N) is 3. The van der Waals surface area contributed by atoms with Crippen molar-refractivity contribution in [2.45, 2.75) is 51.7 Å². The lowest BCUT2D eigenvalue weighted by atomic mass is 9.62. The van der Waals surface area contributed by atoms with Gasteiger partial charge in [0, 0.05) is 29.6 Å². The molecule has 1 aliphatic rings. The number of rotatable bonds is 8. The van der Waals surface area contributed by atoms with Crippen molar-refractivity contribution in [3.8, 4) is 5.75 Å². The van der Waals surface area contributed by atoms with Crippen molar-refractivity contribution in [1.29, 1.82) is 0 Å². The number of H-pyrrole nitrogens is 1. The van der Waals surface area contributed by atoms with Crippen LogP contribution in [0.2, 0.25) is 0 Å². The van der Waals surface area contributed by atoms with E-state index in [9.17, 15) is 9.59 Å². The van der Waals surface area contributed by atoms with Gasteiger partial charge in [0.05, 0.1) is 17.3 Å². The van der Waals surface area contributed by atoms with Crippen molar-refractivity contribution < 1.29 is 9.53 Å². The van der Waals surface area contributed by atoms with E-state index in [1.807, 2.05) is 72.9 Å². The number of benzene rings is 2. The lowest BCUT2D eigenvalue weighted by molar-refractivity contribution is 0.0673. The van der Waals surface area contributed by atoms with Crippen molar-refractivity contribution in [3.05, 3.63) is 106 Å². The quantitative estimate of drug-likeness (QED) is 0.291. The highest BCUT2D eigenvalue weighted by atomic mass is 16.5. The molecular weight excluding hydrogens is 490 g/mol. The molecule has 8 heteroatoms. The topological polar surface area (TPSA) is 101 Å². The molecule has 3 heterocycles. The molecule has 0 saturated heterocycles. The highest BCUT2D eigenvalue weighted by Crippen LogP contribution is 2.47. The summed E-state index contributed by atoms with van der Waals surface area (Å²) < 4.78 is 7.69. The smallest absolute Gasteiger partial charge is 0.272 e. The first kappa shape index (κ1) is 24.9. The zero-order valence-electron chi connectivity index (χ0n) is 22.1. The number of amides is 1. The van der Waals surface area contributed by atoms with E-state index in [0.29, 0.717) is 29.1 Å². The summed E-state index contributed by atoms with van der Waals surface area (Å²) in [6.07, 6.45) is 6.13. The maximum Gasteiger partial charge on any atom is 0.272 e. The Kier molecular flexibility index (Phi) is 6.38. The van der Waals surface area contributed by atoms with Gasteiger partial charge in [-0.2, -0.15) is 5.10 Å². The van der Waals surface area contributed by atoms with Gasteiger partial charge in [-0.1, -0.05) is 62.4 Å². The fourth-order valence-corrected chi connectivity index (χ4v) is 5.97. The number of nitrogens with one attached hydrogen (secondary N) is 2. The Morgan fingerprint density at radius 1 is 1.13 bits per heavy atom. The van der Waals surface area contributed by atoms with Crippen LogP contribution in [0.5, 0.6) is 5.75 Å². The standard InChI is InChI=1S/C31H31N5O3/c1-20(28-24-10-6-7-11-25(24)29(37)35-34-28)15-31(2)16-22(17-31)33-30(38)26-18-32-27-14-23(12-13-36(26)27)39-19-21-8-4-3-5-9-21/h3-14,18,20,22H,15-17,19H2,1-2H3,(H,33,38)(H,35,37)/t20-,22-,31-/m0/s1. The number of imidazole rings is 1. The summed E-state index contributed by atoms with van der Waals surface area (Å²) in [5, 5.41) is 11.8. The maximum atomic E-state index is 13.1. The van der Waals surface area contributed by atoms with Crippen LogP contribution < -0.4 is 15.6 Å². The Morgan fingerprint density at radius 2 is 1.87 bits per heavy atom. The van der Waals surface area contributed by atoms with Gasteiger partial charge in [-0.15, -0.1) is 0 Å². The minimum atomic E-state index is -0.164. The van der Waals surface area contributed by atoms with Gasteiger partial charge in [-0.25, -0.2) is 10.1 Å². The molecule has 198 valence electrons. The molecule has 0 bridgehead atoms. The first-order chi connectivity index (χ1) is 18.9. The van der Waals surface area contributed by atoms with E-state index < -0.39 is 0 Å². The first-order valence-electron chi connectivity index (χ1n) is 13.3. The Hall–Kier alpha value is -4.46. The van der Waals surface area contributed by atoms with Crippen LogP contribution >= 0.6 is 0 Å². The molecule has 5 aromatic rings. The van der Waals surface area contributed by atoms with Gasteiger partial charge in [0.2, 0.25) is 0 Å². The number of hydrogen-bond donors (Lipinski definition) is 2. The second-order valence-corrected chi connectivity index (χ2v) is 11.0. The Balaban J connectivity index is 1.07. The number of carbonyl (C=O) groups excluding carboxylic acids is 1. The van der Waals surface area contributed by atoms with E-state index in [1.165, 1.54) is 0 Å². The van der Waals surface area contributed by atoms with Gasteiger partial charge in [-0.3, -0.25) is 14.0 Å².